The minimum Gasteiger partial charge on any atom is -0.477 e. The van der Waals surface area contributed by atoms with E-state index in [4.69, 9.17) is 10.6 Å². The first-order chi connectivity index (χ1) is 15.4. The molecule has 2 aliphatic rings. The van der Waals surface area contributed by atoms with Gasteiger partial charge in [-0.15, -0.1) is 11.8 Å². The molecule has 0 bridgehead atoms. The third-order valence-electron chi connectivity index (χ3n) is 4.74. The first-order valence-corrected chi connectivity index (χ1v) is 11.1. The Morgan fingerprint density at radius 1 is 1.41 bits per heavy atom. The number of amides is 2. The van der Waals surface area contributed by atoms with Crippen LogP contribution in [-0.2, 0) is 25.8 Å². The highest BCUT2D eigenvalue weighted by Crippen LogP contribution is 2.40. The number of carbonyl (C=O) groups is 3. The summed E-state index contributed by atoms with van der Waals surface area (Å²) in [5, 5.41) is 15.6. The van der Waals surface area contributed by atoms with Gasteiger partial charge in [-0.2, -0.15) is 9.36 Å². The molecule has 2 aliphatic heterocycles. The lowest BCUT2D eigenvalue weighted by molar-refractivity contribution is -0.689. The zero-order valence-corrected chi connectivity index (χ0v) is 18.3. The second-order valence-electron chi connectivity index (χ2n) is 6.74. The zero-order valence-electron chi connectivity index (χ0n) is 16.7. The Labute approximate surface area is 189 Å². The van der Waals surface area contributed by atoms with Crippen molar-refractivity contribution in [2.24, 2.45) is 5.16 Å². The van der Waals surface area contributed by atoms with E-state index in [2.05, 4.69) is 19.8 Å². The number of aromatic nitrogens is 3. The van der Waals surface area contributed by atoms with Gasteiger partial charge in [-0.1, -0.05) is 11.2 Å². The van der Waals surface area contributed by atoms with Crippen molar-refractivity contribution >= 4 is 51.9 Å². The number of carboxylic acid groups (broad SMARTS) is 1. The van der Waals surface area contributed by atoms with Crippen molar-refractivity contribution in [1.82, 2.24) is 19.6 Å². The van der Waals surface area contributed by atoms with Crippen LogP contribution in [0.4, 0.5) is 5.13 Å². The van der Waals surface area contributed by atoms with Crippen molar-refractivity contribution in [3.05, 3.63) is 47.7 Å². The number of anilines is 1. The Hall–Kier alpha value is -3.52. The Balaban J connectivity index is 1.53. The van der Waals surface area contributed by atoms with Crippen LogP contribution in [0.3, 0.4) is 0 Å². The van der Waals surface area contributed by atoms with E-state index in [1.165, 1.54) is 23.8 Å². The molecule has 4 rings (SSSR count). The molecule has 12 nitrogen and oxygen atoms in total. The minimum absolute atomic E-state index is 0.0277. The number of β-lactam (4-membered cyclic amide) rings is 1. The molecule has 4 heterocycles. The van der Waals surface area contributed by atoms with Crippen LogP contribution < -0.4 is 15.6 Å². The van der Waals surface area contributed by atoms with Gasteiger partial charge < -0.3 is 21.0 Å². The molecule has 166 valence electrons. The molecule has 1 saturated heterocycles. The van der Waals surface area contributed by atoms with Gasteiger partial charge in [-0.05, 0) is 0 Å². The zero-order chi connectivity index (χ0) is 22.8. The van der Waals surface area contributed by atoms with Gasteiger partial charge in [0.15, 0.2) is 24.1 Å². The summed E-state index contributed by atoms with van der Waals surface area (Å²) in [6, 6.07) is 4.61. The van der Waals surface area contributed by atoms with E-state index in [9.17, 15) is 19.5 Å². The van der Waals surface area contributed by atoms with Crippen molar-refractivity contribution in [2.45, 2.75) is 18.0 Å². The van der Waals surface area contributed by atoms with E-state index < -0.39 is 29.2 Å². The number of nitrogen functional groups attached to an aromatic ring is 1. The summed E-state index contributed by atoms with van der Waals surface area (Å²) in [5.74, 6) is -2.07. The van der Waals surface area contributed by atoms with Crippen LogP contribution in [0.1, 0.15) is 5.82 Å². The van der Waals surface area contributed by atoms with Gasteiger partial charge in [0.25, 0.3) is 11.8 Å². The largest absolute Gasteiger partial charge is 0.477 e. The predicted octanol–water partition coefficient (Wildman–Crippen LogP) is -0.803. The Bertz CT molecular complexity index is 1130. The number of carboxylic acids is 1. The molecule has 1 fully saturated rings. The maximum Gasteiger partial charge on any atom is 0.352 e. The number of carbonyl (C=O) groups excluding carboxylic acids is 2. The molecule has 14 heteroatoms. The molecule has 0 aromatic carbocycles. The van der Waals surface area contributed by atoms with Crippen LogP contribution in [-0.4, -0.2) is 67.1 Å². The number of oxime groups is 1. The fraction of sp³-hybridized carbons (Fsp3) is 0.278. The van der Waals surface area contributed by atoms with Crippen molar-refractivity contribution in [3.8, 4) is 0 Å². The number of nitrogens with two attached hydrogens (primary N) is 1. The second-order valence-corrected chi connectivity index (χ2v) is 8.63. The summed E-state index contributed by atoms with van der Waals surface area (Å²) in [7, 11) is 1.26. The Morgan fingerprint density at radius 3 is 2.78 bits per heavy atom. The normalized spacial score (nSPS) is 20.5. The van der Waals surface area contributed by atoms with Crippen LogP contribution in [0.5, 0.6) is 0 Å². The SMILES string of the molecule is CON=C(C(=O)NC1C(=O)N2C(C(=O)O)=C(C[n+]3ccccc3)CS[C@@H]12)c1nsc(N)n1. The van der Waals surface area contributed by atoms with Crippen LogP contribution in [0, 0.1) is 0 Å². The van der Waals surface area contributed by atoms with Gasteiger partial charge in [0.05, 0.1) is 0 Å². The van der Waals surface area contributed by atoms with E-state index >= 15 is 0 Å². The maximum absolute atomic E-state index is 12.8. The van der Waals surface area contributed by atoms with Crippen molar-refractivity contribution in [1.29, 1.82) is 0 Å². The van der Waals surface area contributed by atoms with E-state index in [0.29, 0.717) is 17.9 Å². The van der Waals surface area contributed by atoms with E-state index in [1.54, 1.807) is 0 Å². The molecular formula is C18H18N7O5S2+. The number of nitrogens with zero attached hydrogens (tertiary/aromatic N) is 5. The van der Waals surface area contributed by atoms with Gasteiger partial charge in [-0.25, -0.2) is 9.36 Å². The molecular weight excluding hydrogens is 458 g/mol. The third-order valence-corrected chi connectivity index (χ3v) is 6.62. The van der Waals surface area contributed by atoms with Gasteiger partial charge in [0, 0.05) is 35.0 Å². The highest BCUT2D eigenvalue weighted by atomic mass is 32.2. The van der Waals surface area contributed by atoms with Gasteiger partial charge in [0.2, 0.25) is 11.5 Å². The highest BCUT2D eigenvalue weighted by molar-refractivity contribution is 8.00. The lowest BCUT2D eigenvalue weighted by Crippen LogP contribution is -2.71. The van der Waals surface area contributed by atoms with Gasteiger partial charge in [0.1, 0.15) is 24.2 Å². The van der Waals surface area contributed by atoms with E-state index in [0.717, 1.165) is 11.5 Å². The molecule has 2 amide bonds. The number of pyridine rings is 1. The van der Waals surface area contributed by atoms with Crippen molar-refractivity contribution < 1.29 is 28.9 Å². The molecule has 2 atom stereocenters. The smallest absolute Gasteiger partial charge is 0.352 e. The summed E-state index contributed by atoms with van der Waals surface area (Å²) in [4.78, 5) is 47.4. The standard InChI is InChI=1S/C18H17N7O5S2/c1-30-22-10(13-21-18(19)32-23-13)14(26)20-11-15(27)25-12(17(28)29)9(8-31-16(11)25)7-24-5-3-2-4-6-24/h2-6,11,16H,7-8H2,1H3,(H3-,19,20,21,23,26,28,29)/p+1/t11?,16-/m0/s1. The molecule has 0 aliphatic carbocycles. The summed E-state index contributed by atoms with van der Waals surface area (Å²) in [5.41, 5.74) is 5.88. The fourth-order valence-electron chi connectivity index (χ4n) is 3.38. The number of aliphatic carboxylic acids is 1. The molecule has 0 radical (unpaired) electrons. The highest BCUT2D eigenvalue weighted by Gasteiger charge is 2.54. The number of hydrogen-bond acceptors (Lipinski definition) is 10. The van der Waals surface area contributed by atoms with Gasteiger partial charge >= 0.3 is 5.97 Å². The van der Waals surface area contributed by atoms with Crippen LogP contribution >= 0.6 is 23.3 Å². The Morgan fingerprint density at radius 2 is 2.16 bits per heavy atom. The first-order valence-electron chi connectivity index (χ1n) is 9.26. The second kappa shape index (κ2) is 8.92. The molecule has 2 aromatic heterocycles. The Kier molecular flexibility index (Phi) is 6.05. The number of nitrogens with one attached hydrogen (secondary N) is 1. The number of thioether (sulfide) groups is 1. The van der Waals surface area contributed by atoms with Crippen LogP contribution in [0.15, 0.2) is 47.0 Å². The minimum atomic E-state index is -1.19. The average molecular weight is 477 g/mol. The maximum atomic E-state index is 12.8. The topological polar surface area (TPSA) is 164 Å². The molecule has 0 saturated carbocycles. The summed E-state index contributed by atoms with van der Waals surface area (Å²) in [6.45, 7) is 0.338. The molecule has 4 N–H and O–H groups in total. The lowest BCUT2D eigenvalue weighted by atomic mass is 10.0. The third kappa shape index (κ3) is 4.01. The van der Waals surface area contributed by atoms with Crippen LogP contribution in [0.25, 0.3) is 0 Å². The van der Waals surface area contributed by atoms with E-state index in [1.807, 2.05) is 35.2 Å². The van der Waals surface area contributed by atoms with Gasteiger partial charge in [-0.3, -0.25) is 14.5 Å². The molecule has 32 heavy (non-hydrogen) atoms. The summed E-state index contributed by atoms with van der Waals surface area (Å²) in [6.07, 6.45) is 3.64. The quantitative estimate of drug-likeness (QED) is 0.201. The van der Waals surface area contributed by atoms with Crippen molar-refractivity contribution in [3.63, 3.8) is 0 Å². The number of rotatable bonds is 7. The molecule has 2 aromatic rings. The summed E-state index contributed by atoms with van der Waals surface area (Å²) >= 11 is 2.26. The number of hydrogen-bond donors (Lipinski definition) is 3. The number of fused-ring (bicyclic) bond motifs is 1. The fourth-order valence-corrected chi connectivity index (χ4v) is 5.15. The molecule has 0 spiro atoms. The lowest BCUT2D eigenvalue weighted by Gasteiger charge is -2.49. The average Bonchev–Trinajstić information content (AvgIpc) is 3.21. The van der Waals surface area contributed by atoms with Crippen LogP contribution in [0.2, 0.25) is 0 Å². The predicted molar refractivity (Wildman–Crippen MR) is 114 cm³/mol. The van der Waals surface area contributed by atoms with Crippen molar-refractivity contribution in [2.75, 3.05) is 18.6 Å². The van der Waals surface area contributed by atoms with E-state index in [-0.39, 0.29) is 22.4 Å². The summed E-state index contributed by atoms with van der Waals surface area (Å²) < 4.78 is 5.77. The first kappa shape index (κ1) is 21.7. The monoisotopic (exact) mass is 476 g/mol. The molecule has 1 unspecified atom stereocenters.